The number of morpholine rings is 1. The van der Waals surface area contributed by atoms with Crippen molar-refractivity contribution in [3.8, 4) is 0 Å². The maximum Gasteiger partial charge on any atom is 0.248 e. The van der Waals surface area contributed by atoms with Gasteiger partial charge < -0.3 is 9.64 Å². The predicted octanol–water partition coefficient (Wildman–Crippen LogP) is 1.87. The number of ether oxygens (including phenoxy) is 1. The fraction of sp³-hybridized carbons (Fsp3) is 0.364. The Balaban J connectivity index is 2.12. The van der Waals surface area contributed by atoms with Gasteiger partial charge in [0.1, 0.15) is 12.7 Å². The molecule has 3 nitrogen and oxygen atoms in total. The van der Waals surface area contributed by atoms with Crippen LogP contribution in [0.4, 0.5) is 0 Å². The Kier molecular flexibility index (Phi) is 2.93. The quantitative estimate of drug-likeness (QED) is 0.730. The minimum Gasteiger partial charge on any atom is -0.362 e. The van der Waals surface area contributed by atoms with Gasteiger partial charge in [-0.1, -0.05) is 23.7 Å². The van der Waals surface area contributed by atoms with Crippen LogP contribution in [-0.2, 0) is 9.53 Å². The van der Waals surface area contributed by atoms with Crippen LogP contribution in [0.2, 0.25) is 5.02 Å². The van der Waals surface area contributed by atoms with E-state index in [2.05, 4.69) is 0 Å². The molecule has 1 aromatic carbocycles. The summed E-state index contributed by atoms with van der Waals surface area (Å²) in [6.45, 7) is 0.754. The molecule has 2 rings (SSSR count). The molecular weight excluding hydrogens is 214 g/mol. The van der Waals surface area contributed by atoms with Crippen molar-refractivity contribution in [2.75, 3.05) is 20.2 Å². The van der Waals surface area contributed by atoms with Gasteiger partial charge in [-0.3, -0.25) is 4.79 Å². The average Bonchev–Trinajstić information content (AvgIpc) is 2.23. The lowest BCUT2D eigenvalue weighted by Gasteiger charge is -2.30. The normalized spacial score (nSPS) is 21.9. The summed E-state index contributed by atoms with van der Waals surface area (Å²) in [5.74, 6) is 0.0280. The summed E-state index contributed by atoms with van der Waals surface area (Å²) in [5, 5.41) is 0.707. The number of likely N-dealkylation sites (N-methyl/N-ethyl adjacent to an activating group) is 1. The second-order valence-electron chi connectivity index (χ2n) is 3.63. The highest BCUT2D eigenvalue weighted by molar-refractivity contribution is 6.30. The Hall–Kier alpha value is -1.06. The van der Waals surface area contributed by atoms with E-state index >= 15 is 0 Å². The number of hydrogen-bond donors (Lipinski definition) is 0. The van der Waals surface area contributed by atoms with E-state index in [9.17, 15) is 4.79 Å². The average molecular weight is 226 g/mol. The van der Waals surface area contributed by atoms with Crippen LogP contribution in [0.1, 0.15) is 11.7 Å². The molecule has 80 valence electrons. The van der Waals surface area contributed by atoms with Crippen molar-refractivity contribution in [3.05, 3.63) is 34.9 Å². The molecule has 1 amide bonds. The monoisotopic (exact) mass is 225 g/mol. The summed E-state index contributed by atoms with van der Waals surface area (Å²) in [6.07, 6.45) is -0.0371. The first-order valence-corrected chi connectivity index (χ1v) is 5.15. The smallest absolute Gasteiger partial charge is 0.248 e. The van der Waals surface area contributed by atoms with Crippen LogP contribution < -0.4 is 0 Å². The summed E-state index contributed by atoms with van der Waals surface area (Å²) in [7, 11) is 1.79. The number of carbonyl (C=O) groups excluding carboxylic acids is 1. The first-order chi connectivity index (χ1) is 7.16. The van der Waals surface area contributed by atoms with Crippen molar-refractivity contribution in [1.29, 1.82) is 0 Å². The van der Waals surface area contributed by atoms with E-state index in [1.165, 1.54) is 0 Å². The van der Waals surface area contributed by atoms with Gasteiger partial charge in [-0.2, -0.15) is 0 Å². The Labute approximate surface area is 93.6 Å². The van der Waals surface area contributed by atoms with Gasteiger partial charge in [0.15, 0.2) is 0 Å². The first-order valence-electron chi connectivity index (χ1n) is 4.78. The van der Waals surface area contributed by atoms with Gasteiger partial charge in [-0.05, 0) is 17.7 Å². The highest BCUT2D eigenvalue weighted by Crippen LogP contribution is 2.23. The fourth-order valence-electron chi connectivity index (χ4n) is 1.56. The third-order valence-corrected chi connectivity index (χ3v) is 2.77. The van der Waals surface area contributed by atoms with E-state index in [4.69, 9.17) is 16.3 Å². The van der Waals surface area contributed by atoms with Gasteiger partial charge in [0, 0.05) is 12.1 Å². The van der Waals surface area contributed by atoms with Crippen LogP contribution in [0, 0.1) is 0 Å². The molecule has 0 radical (unpaired) electrons. The van der Waals surface area contributed by atoms with Crippen LogP contribution in [0.25, 0.3) is 0 Å². The summed E-state index contributed by atoms with van der Waals surface area (Å²) >= 11 is 5.80. The third-order valence-electron chi connectivity index (χ3n) is 2.52. The Morgan fingerprint density at radius 3 is 2.67 bits per heavy atom. The van der Waals surface area contributed by atoms with Crippen molar-refractivity contribution in [1.82, 2.24) is 4.90 Å². The predicted molar refractivity (Wildman–Crippen MR) is 57.8 cm³/mol. The molecular formula is C11H12ClNO2. The summed E-state index contributed by atoms with van der Waals surface area (Å²) in [5.41, 5.74) is 1.05. The molecule has 0 unspecified atom stereocenters. The van der Waals surface area contributed by atoms with Crippen molar-refractivity contribution >= 4 is 17.5 Å². The second-order valence-corrected chi connectivity index (χ2v) is 4.06. The molecule has 1 aliphatic rings. The molecule has 1 saturated heterocycles. The minimum absolute atomic E-state index is 0.0280. The molecule has 0 spiro atoms. The van der Waals surface area contributed by atoms with Gasteiger partial charge in [-0.25, -0.2) is 0 Å². The van der Waals surface area contributed by atoms with Crippen LogP contribution >= 0.6 is 11.6 Å². The van der Waals surface area contributed by atoms with Crippen molar-refractivity contribution in [3.63, 3.8) is 0 Å². The minimum atomic E-state index is -0.0371. The van der Waals surface area contributed by atoms with Gasteiger partial charge in [0.2, 0.25) is 5.91 Å². The largest absolute Gasteiger partial charge is 0.362 e. The third kappa shape index (κ3) is 2.30. The lowest BCUT2D eigenvalue weighted by molar-refractivity contribution is -0.147. The summed E-state index contributed by atoms with van der Waals surface area (Å²) in [4.78, 5) is 12.9. The number of halogens is 1. The molecule has 0 bridgehead atoms. The molecule has 4 heteroatoms. The summed E-state index contributed by atoms with van der Waals surface area (Å²) in [6, 6.07) is 7.51. The molecule has 1 fully saturated rings. The van der Waals surface area contributed by atoms with E-state index < -0.39 is 0 Å². The van der Waals surface area contributed by atoms with Crippen LogP contribution in [0.3, 0.4) is 0 Å². The van der Waals surface area contributed by atoms with E-state index in [1.807, 2.05) is 24.3 Å². The first kappa shape index (κ1) is 10.5. The SMILES string of the molecule is CN1C[C@H](c2ccc(Cl)cc2)OCC1=O. The highest BCUT2D eigenvalue weighted by Gasteiger charge is 2.24. The summed E-state index contributed by atoms with van der Waals surface area (Å²) < 4.78 is 5.45. The highest BCUT2D eigenvalue weighted by atomic mass is 35.5. The maximum absolute atomic E-state index is 11.2. The number of hydrogen-bond acceptors (Lipinski definition) is 2. The van der Waals surface area contributed by atoms with Gasteiger partial charge in [-0.15, -0.1) is 0 Å². The standard InChI is InChI=1S/C11H12ClNO2/c1-13-6-10(15-7-11(13)14)8-2-4-9(12)5-3-8/h2-5,10H,6-7H2,1H3/t10-/m1/s1. The number of amides is 1. The zero-order valence-corrected chi connectivity index (χ0v) is 9.20. The lowest BCUT2D eigenvalue weighted by atomic mass is 10.1. The molecule has 1 aliphatic heterocycles. The van der Waals surface area contributed by atoms with E-state index in [0.29, 0.717) is 11.6 Å². The van der Waals surface area contributed by atoms with Crippen LogP contribution in [0.5, 0.6) is 0 Å². The number of benzene rings is 1. The van der Waals surface area contributed by atoms with Gasteiger partial charge in [0.05, 0.1) is 6.54 Å². The van der Waals surface area contributed by atoms with Crippen molar-refractivity contribution < 1.29 is 9.53 Å². The fourth-order valence-corrected chi connectivity index (χ4v) is 1.69. The Bertz CT molecular complexity index is 363. The molecule has 1 heterocycles. The molecule has 0 saturated carbocycles. The van der Waals surface area contributed by atoms with Crippen LogP contribution in [0.15, 0.2) is 24.3 Å². The van der Waals surface area contributed by atoms with Gasteiger partial charge in [0.25, 0.3) is 0 Å². The molecule has 1 atom stereocenters. The Morgan fingerprint density at radius 2 is 2.07 bits per heavy atom. The molecule has 0 N–H and O–H groups in total. The molecule has 0 aliphatic carbocycles. The maximum atomic E-state index is 11.2. The zero-order valence-electron chi connectivity index (χ0n) is 8.44. The molecule has 0 aromatic heterocycles. The number of nitrogens with zero attached hydrogens (tertiary/aromatic N) is 1. The second kappa shape index (κ2) is 4.21. The zero-order chi connectivity index (χ0) is 10.8. The van der Waals surface area contributed by atoms with Crippen molar-refractivity contribution in [2.24, 2.45) is 0 Å². The topological polar surface area (TPSA) is 29.5 Å². The van der Waals surface area contributed by atoms with E-state index in [0.717, 1.165) is 5.56 Å². The van der Waals surface area contributed by atoms with Crippen molar-refractivity contribution in [2.45, 2.75) is 6.10 Å². The lowest BCUT2D eigenvalue weighted by Crippen LogP contribution is -2.40. The Morgan fingerprint density at radius 1 is 1.40 bits per heavy atom. The van der Waals surface area contributed by atoms with E-state index in [-0.39, 0.29) is 18.6 Å². The number of carbonyl (C=O) groups is 1. The van der Waals surface area contributed by atoms with Gasteiger partial charge >= 0.3 is 0 Å². The molecule has 15 heavy (non-hydrogen) atoms. The van der Waals surface area contributed by atoms with E-state index in [1.54, 1.807) is 11.9 Å². The van der Waals surface area contributed by atoms with Crippen LogP contribution in [-0.4, -0.2) is 31.0 Å². The molecule has 1 aromatic rings. The number of rotatable bonds is 1.